The molecule has 5 heteroatoms. The maximum atomic E-state index is 12.2. The molecule has 0 radical (unpaired) electrons. The molecule has 0 amide bonds. The largest absolute Gasteiger partial charge is 0.488 e. The van der Waals surface area contributed by atoms with E-state index in [1.807, 2.05) is 0 Å². The molecule has 0 spiro atoms. The summed E-state index contributed by atoms with van der Waals surface area (Å²) < 4.78 is 10.4. The van der Waals surface area contributed by atoms with Gasteiger partial charge in [-0.05, 0) is 18.6 Å². The first-order chi connectivity index (χ1) is 10.6. The molecule has 1 unspecified atom stereocenters. The molecule has 5 nitrogen and oxygen atoms in total. The zero-order valence-corrected chi connectivity index (χ0v) is 12.7. The number of hydrogen-bond acceptors (Lipinski definition) is 5. The Bertz CT molecular complexity index is 564. The summed E-state index contributed by atoms with van der Waals surface area (Å²) in [6, 6.07) is 6.77. The molecule has 0 aliphatic carbocycles. The molecule has 22 heavy (non-hydrogen) atoms. The number of fused-ring (bicyclic) bond motifs is 1. The first-order valence-corrected chi connectivity index (χ1v) is 7.63. The van der Waals surface area contributed by atoms with E-state index in [1.165, 1.54) is 0 Å². The van der Waals surface area contributed by atoms with Crippen LogP contribution in [0.15, 0.2) is 24.3 Å². The van der Waals surface area contributed by atoms with Crippen LogP contribution >= 0.6 is 0 Å². The van der Waals surface area contributed by atoms with Gasteiger partial charge in [0.25, 0.3) is 0 Å². The lowest BCUT2D eigenvalue weighted by Gasteiger charge is -2.23. The van der Waals surface area contributed by atoms with Crippen molar-refractivity contribution in [2.45, 2.75) is 45.1 Å². The Morgan fingerprint density at radius 3 is 2.77 bits per heavy atom. The number of ether oxygens (including phenoxy) is 2. The molecule has 0 N–H and O–H groups in total. The summed E-state index contributed by atoms with van der Waals surface area (Å²) in [5, 5.41) is 0. The van der Waals surface area contributed by atoms with Crippen molar-refractivity contribution >= 4 is 17.5 Å². The number of esters is 1. The third-order valence-electron chi connectivity index (χ3n) is 3.57. The van der Waals surface area contributed by atoms with E-state index in [-0.39, 0.29) is 18.8 Å². The number of para-hydroxylation sites is 1. The van der Waals surface area contributed by atoms with Crippen molar-refractivity contribution in [3.05, 3.63) is 29.8 Å². The van der Waals surface area contributed by atoms with Crippen LogP contribution in [0.4, 0.5) is 0 Å². The molecule has 1 atom stereocenters. The van der Waals surface area contributed by atoms with Gasteiger partial charge in [-0.1, -0.05) is 38.3 Å². The van der Waals surface area contributed by atoms with Crippen molar-refractivity contribution in [1.29, 1.82) is 0 Å². The molecular formula is C17H20O5. The number of unbranched alkanes of at least 4 members (excludes halogenated alkanes) is 3. The highest BCUT2D eigenvalue weighted by Gasteiger charge is 2.33. The fourth-order valence-electron chi connectivity index (χ4n) is 2.31. The Morgan fingerprint density at radius 1 is 1.23 bits per heavy atom. The minimum Gasteiger partial charge on any atom is -0.488 e. The molecule has 1 aliphatic heterocycles. The number of hydrogen-bond donors (Lipinski definition) is 0. The summed E-state index contributed by atoms with van der Waals surface area (Å²) in [4.78, 5) is 35.7. The van der Waals surface area contributed by atoms with Gasteiger partial charge in [0.05, 0.1) is 5.56 Å². The maximum Gasteiger partial charge on any atom is 0.375 e. The van der Waals surface area contributed by atoms with E-state index in [1.54, 1.807) is 24.3 Å². The molecule has 0 fully saturated rings. The summed E-state index contributed by atoms with van der Waals surface area (Å²) in [6.45, 7) is 2.02. The van der Waals surface area contributed by atoms with Gasteiger partial charge in [0.15, 0.2) is 6.10 Å². The molecule has 1 aliphatic rings. The predicted molar refractivity (Wildman–Crippen MR) is 79.9 cm³/mol. The van der Waals surface area contributed by atoms with Crippen molar-refractivity contribution in [3.8, 4) is 5.75 Å². The highest BCUT2D eigenvalue weighted by molar-refractivity contribution is 6.33. The number of benzene rings is 1. The number of rotatable bonds is 7. The monoisotopic (exact) mass is 304 g/mol. The number of ketones is 2. The van der Waals surface area contributed by atoms with Crippen LogP contribution in [0.3, 0.4) is 0 Å². The summed E-state index contributed by atoms with van der Waals surface area (Å²) >= 11 is 0. The van der Waals surface area contributed by atoms with E-state index < -0.39 is 17.9 Å². The SMILES string of the molecule is CCCCCCC(=O)C(=O)OC1COc2ccccc2C1=O. The molecular weight excluding hydrogens is 284 g/mol. The summed E-state index contributed by atoms with van der Waals surface area (Å²) in [5.74, 6) is -1.37. The minimum absolute atomic E-state index is 0.0509. The van der Waals surface area contributed by atoms with E-state index in [0.29, 0.717) is 17.7 Å². The molecule has 0 saturated heterocycles. The van der Waals surface area contributed by atoms with Crippen molar-refractivity contribution in [2.24, 2.45) is 0 Å². The molecule has 0 aromatic heterocycles. The number of carbonyl (C=O) groups is 3. The average Bonchev–Trinajstić information content (AvgIpc) is 2.54. The number of Topliss-reactive ketones (excluding diaryl/α,β-unsaturated/α-hetero) is 2. The van der Waals surface area contributed by atoms with E-state index >= 15 is 0 Å². The smallest absolute Gasteiger partial charge is 0.375 e. The molecule has 1 heterocycles. The third-order valence-corrected chi connectivity index (χ3v) is 3.57. The average molecular weight is 304 g/mol. The Hall–Kier alpha value is -2.17. The highest BCUT2D eigenvalue weighted by Crippen LogP contribution is 2.25. The fourth-order valence-corrected chi connectivity index (χ4v) is 2.31. The van der Waals surface area contributed by atoms with Crippen LogP contribution in [0.25, 0.3) is 0 Å². The van der Waals surface area contributed by atoms with Gasteiger partial charge in [-0.2, -0.15) is 0 Å². The Labute approximate surface area is 129 Å². The van der Waals surface area contributed by atoms with Crippen LogP contribution in [-0.4, -0.2) is 30.2 Å². The van der Waals surface area contributed by atoms with E-state index in [4.69, 9.17) is 9.47 Å². The quantitative estimate of drug-likeness (QED) is 0.440. The van der Waals surface area contributed by atoms with Gasteiger partial charge in [0.1, 0.15) is 12.4 Å². The molecule has 118 valence electrons. The van der Waals surface area contributed by atoms with E-state index in [0.717, 1.165) is 19.3 Å². The predicted octanol–water partition coefficient (Wildman–Crippen LogP) is 2.71. The van der Waals surface area contributed by atoms with Crippen molar-refractivity contribution < 1.29 is 23.9 Å². The van der Waals surface area contributed by atoms with Crippen LogP contribution in [0, 0.1) is 0 Å². The lowest BCUT2D eigenvalue weighted by atomic mass is 10.0. The second-order valence-electron chi connectivity index (χ2n) is 5.30. The maximum absolute atomic E-state index is 12.2. The fraction of sp³-hybridized carbons (Fsp3) is 0.471. The van der Waals surface area contributed by atoms with E-state index in [9.17, 15) is 14.4 Å². The Balaban J connectivity index is 1.87. The van der Waals surface area contributed by atoms with E-state index in [2.05, 4.69) is 6.92 Å². The van der Waals surface area contributed by atoms with Gasteiger partial charge in [-0.25, -0.2) is 4.79 Å². The first kappa shape index (κ1) is 16.2. The van der Waals surface area contributed by atoms with Gasteiger partial charge < -0.3 is 9.47 Å². The van der Waals surface area contributed by atoms with Crippen LogP contribution in [0.2, 0.25) is 0 Å². The van der Waals surface area contributed by atoms with Crippen LogP contribution in [-0.2, 0) is 14.3 Å². The van der Waals surface area contributed by atoms with Crippen LogP contribution in [0.5, 0.6) is 5.75 Å². The van der Waals surface area contributed by atoms with Gasteiger partial charge in [-0.15, -0.1) is 0 Å². The molecule has 2 rings (SSSR count). The van der Waals surface area contributed by atoms with Crippen LogP contribution in [0.1, 0.15) is 49.4 Å². The topological polar surface area (TPSA) is 69.7 Å². The summed E-state index contributed by atoms with van der Waals surface area (Å²) in [7, 11) is 0. The normalized spacial score (nSPS) is 16.6. The van der Waals surface area contributed by atoms with Crippen molar-refractivity contribution in [2.75, 3.05) is 6.61 Å². The second-order valence-corrected chi connectivity index (χ2v) is 5.30. The number of carbonyl (C=O) groups excluding carboxylic acids is 3. The summed E-state index contributed by atoms with van der Waals surface area (Å²) in [5.41, 5.74) is 0.377. The third kappa shape index (κ3) is 3.93. The molecule has 0 bridgehead atoms. The lowest BCUT2D eigenvalue weighted by Crippen LogP contribution is -2.38. The van der Waals surface area contributed by atoms with Gasteiger partial charge >= 0.3 is 5.97 Å². The van der Waals surface area contributed by atoms with Gasteiger partial charge in [0.2, 0.25) is 11.6 Å². The molecule has 1 aromatic carbocycles. The second kappa shape index (κ2) is 7.73. The zero-order chi connectivity index (χ0) is 15.9. The molecule has 0 saturated carbocycles. The van der Waals surface area contributed by atoms with Gasteiger partial charge in [-0.3, -0.25) is 9.59 Å². The lowest BCUT2D eigenvalue weighted by molar-refractivity contribution is -0.157. The Kier molecular flexibility index (Phi) is 5.69. The van der Waals surface area contributed by atoms with Crippen LogP contribution < -0.4 is 4.74 Å². The zero-order valence-electron chi connectivity index (χ0n) is 12.7. The van der Waals surface area contributed by atoms with Crippen molar-refractivity contribution in [1.82, 2.24) is 0 Å². The highest BCUT2D eigenvalue weighted by atomic mass is 16.6. The van der Waals surface area contributed by atoms with Crippen molar-refractivity contribution in [3.63, 3.8) is 0 Å². The molecule has 1 aromatic rings. The summed E-state index contributed by atoms with van der Waals surface area (Å²) in [6.07, 6.45) is 2.80. The standard InChI is InChI=1S/C17H20O5/c1-2-3-4-5-9-13(18)17(20)22-15-11-21-14-10-7-6-8-12(14)16(15)19/h6-8,10,15H,2-5,9,11H2,1H3. The van der Waals surface area contributed by atoms with Gasteiger partial charge in [0, 0.05) is 6.42 Å². The first-order valence-electron chi connectivity index (χ1n) is 7.63. The minimum atomic E-state index is -1.04. The Morgan fingerprint density at radius 2 is 2.00 bits per heavy atom.